The molecule has 0 unspecified atom stereocenters. The Morgan fingerprint density at radius 1 is 1.18 bits per heavy atom. The van der Waals surface area contributed by atoms with Crippen molar-refractivity contribution in [1.29, 1.82) is 0 Å². The third-order valence-corrected chi connectivity index (χ3v) is 8.85. The van der Waals surface area contributed by atoms with Crippen molar-refractivity contribution in [3.8, 4) is 0 Å². The molecule has 0 bridgehead atoms. The van der Waals surface area contributed by atoms with Gasteiger partial charge in [-0.15, -0.1) is 0 Å². The van der Waals surface area contributed by atoms with Crippen LogP contribution in [-0.4, -0.2) is 50.0 Å². The van der Waals surface area contributed by atoms with Crippen LogP contribution in [0.3, 0.4) is 0 Å². The molecule has 0 fully saturated rings. The van der Waals surface area contributed by atoms with E-state index in [1.807, 2.05) is 37.5 Å². The molecule has 2 aromatic carbocycles. The second kappa shape index (κ2) is 11.6. The summed E-state index contributed by atoms with van der Waals surface area (Å²) in [5.74, 6) is -0.441. The number of rotatable bonds is 10. The molecule has 0 N–H and O–H groups in total. The fraction of sp³-hybridized carbons (Fsp3) is 0.417. The average molecular weight is 524 g/mol. The summed E-state index contributed by atoms with van der Waals surface area (Å²) in [6.07, 6.45) is 1.69. The van der Waals surface area contributed by atoms with E-state index in [9.17, 15) is 13.2 Å². The number of halogens is 1. The molecular weight excluding hydrogens is 494 g/mol. The van der Waals surface area contributed by atoms with E-state index < -0.39 is 15.9 Å². The second-order valence-corrected chi connectivity index (χ2v) is 11.3. The van der Waals surface area contributed by atoms with Crippen LogP contribution in [0, 0.1) is 6.92 Å². The van der Waals surface area contributed by atoms with Crippen molar-refractivity contribution < 1.29 is 17.9 Å². The Morgan fingerprint density at radius 2 is 1.88 bits per heavy atom. The first-order chi connectivity index (χ1) is 16.2. The number of fused-ring (bicyclic) bond motifs is 1. The van der Waals surface area contributed by atoms with E-state index in [0.29, 0.717) is 41.7 Å². The minimum Gasteiger partial charge on any atom is -0.380 e. The van der Waals surface area contributed by atoms with Crippen LogP contribution in [0.1, 0.15) is 42.6 Å². The Morgan fingerprint density at radius 3 is 2.53 bits per heavy atom. The lowest BCUT2D eigenvalue weighted by Crippen LogP contribution is -2.27. The third-order valence-electron chi connectivity index (χ3n) is 5.53. The summed E-state index contributed by atoms with van der Waals surface area (Å²) in [6, 6.07) is 9.69. The van der Waals surface area contributed by atoms with Gasteiger partial charge in [-0.2, -0.15) is 4.99 Å². The smallest absolute Gasteiger partial charge is 0.279 e. The minimum absolute atomic E-state index is 0.154. The predicted octanol–water partition coefficient (Wildman–Crippen LogP) is 4.86. The molecule has 0 aliphatic carbocycles. The van der Waals surface area contributed by atoms with Gasteiger partial charge in [0.2, 0.25) is 10.0 Å². The molecule has 3 rings (SSSR count). The van der Waals surface area contributed by atoms with E-state index >= 15 is 0 Å². The molecule has 0 aliphatic rings. The molecule has 0 saturated carbocycles. The van der Waals surface area contributed by atoms with Gasteiger partial charge >= 0.3 is 0 Å². The van der Waals surface area contributed by atoms with Gasteiger partial charge in [-0.1, -0.05) is 36.3 Å². The fourth-order valence-electron chi connectivity index (χ4n) is 3.51. The van der Waals surface area contributed by atoms with E-state index in [0.717, 1.165) is 28.6 Å². The highest BCUT2D eigenvalue weighted by molar-refractivity contribution is 7.89. The number of sulfonamides is 1. The van der Waals surface area contributed by atoms with Gasteiger partial charge in [0.05, 0.1) is 21.7 Å². The number of aromatic nitrogens is 1. The normalized spacial score (nSPS) is 12.7. The van der Waals surface area contributed by atoms with E-state index in [-0.39, 0.29) is 4.90 Å². The molecule has 7 nitrogen and oxygen atoms in total. The van der Waals surface area contributed by atoms with Crippen molar-refractivity contribution in [3.63, 3.8) is 0 Å². The third kappa shape index (κ3) is 5.78. The lowest BCUT2D eigenvalue weighted by atomic mass is 10.2. The summed E-state index contributed by atoms with van der Waals surface area (Å²) >= 11 is 7.75. The number of carbonyl (C=O) groups is 1. The standard InChI is InChI=1S/C24H30ClN3O4S2/c1-5-7-14-27(4)34(30,31)19-10-8-18(9-11-19)23(29)26-24-28(15-16-32-6-2)22-17(3)20(25)12-13-21(22)33-24/h8-13H,5-7,14-16H2,1-4H3. The molecule has 184 valence electrons. The number of hydrogen-bond donors (Lipinski definition) is 0. The highest BCUT2D eigenvalue weighted by Gasteiger charge is 2.20. The van der Waals surface area contributed by atoms with Crippen LogP contribution in [0.5, 0.6) is 0 Å². The zero-order valence-electron chi connectivity index (χ0n) is 19.9. The van der Waals surface area contributed by atoms with Crippen molar-refractivity contribution in [2.24, 2.45) is 4.99 Å². The number of nitrogens with zero attached hydrogens (tertiary/aromatic N) is 3. The lowest BCUT2D eigenvalue weighted by Gasteiger charge is -2.16. The van der Waals surface area contributed by atoms with Crippen molar-refractivity contribution in [3.05, 3.63) is 57.3 Å². The minimum atomic E-state index is -3.60. The van der Waals surface area contributed by atoms with Crippen LogP contribution in [-0.2, 0) is 21.3 Å². The average Bonchev–Trinajstić information content (AvgIpc) is 3.17. The summed E-state index contributed by atoms with van der Waals surface area (Å²) in [5.41, 5.74) is 2.17. The SMILES string of the molecule is CCCCN(C)S(=O)(=O)c1ccc(C(=O)N=c2sc3ccc(Cl)c(C)c3n2CCOCC)cc1. The van der Waals surface area contributed by atoms with Crippen molar-refractivity contribution in [1.82, 2.24) is 8.87 Å². The monoisotopic (exact) mass is 523 g/mol. The fourth-order valence-corrected chi connectivity index (χ4v) is 5.99. The highest BCUT2D eigenvalue weighted by atomic mass is 35.5. The van der Waals surface area contributed by atoms with Gasteiger partial charge < -0.3 is 9.30 Å². The summed E-state index contributed by atoms with van der Waals surface area (Å²) in [7, 11) is -2.03. The number of aryl methyl sites for hydroxylation is 1. The number of thiazole rings is 1. The topological polar surface area (TPSA) is 81.0 Å². The zero-order valence-corrected chi connectivity index (χ0v) is 22.3. The van der Waals surface area contributed by atoms with Crippen LogP contribution < -0.4 is 4.80 Å². The number of hydrogen-bond acceptors (Lipinski definition) is 5. The number of benzene rings is 2. The van der Waals surface area contributed by atoms with Gasteiger partial charge in [0, 0.05) is 37.3 Å². The Balaban J connectivity index is 1.96. The molecule has 0 radical (unpaired) electrons. The quantitative estimate of drug-likeness (QED) is 0.355. The van der Waals surface area contributed by atoms with Crippen LogP contribution in [0.15, 0.2) is 46.3 Å². The van der Waals surface area contributed by atoms with E-state index in [2.05, 4.69) is 4.99 Å². The Bertz CT molecular complexity index is 1330. The molecule has 34 heavy (non-hydrogen) atoms. The van der Waals surface area contributed by atoms with Crippen LogP contribution in [0.4, 0.5) is 0 Å². The Hall–Kier alpha value is -2.04. The van der Waals surface area contributed by atoms with Gasteiger partial charge in [0.25, 0.3) is 5.91 Å². The molecule has 10 heteroatoms. The summed E-state index contributed by atoms with van der Waals surface area (Å²) in [4.78, 5) is 18.0. The number of ether oxygens (including phenoxy) is 1. The van der Waals surface area contributed by atoms with Crippen LogP contribution >= 0.6 is 22.9 Å². The van der Waals surface area contributed by atoms with E-state index in [1.54, 1.807) is 7.05 Å². The first kappa shape index (κ1) is 26.6. The Labute approximate surface area is 209 Å². The second-order valence-electron chi connectivity index (χ2n) is 7.87. The molecule has 0 saturated heterocycles. The van der Waals surface area contributed by atoms with Gasteiger partial charge in [-0.3, -0.25) is 4.79 Å². The molecular formula is C24H30ClN3O4S2. The number of carbonyl (C=O) groups excluding carboxylic acids is 1. The number of amides is 1. The molecule has 1 heterocycles. The maximum Gasteiger partial charge on any atom is 0.279 e. The summed E-state index contributed by atoms with van der Waals surface area (Å²) in [6.45, 7) is 7.94. The van der Waals surface area contributed by atoms with Gasteiger partial charge in [-0.25, -0.2) is 12.7 Å². The first-order valence-corrected chi connectivity index (χ1v) is 13.9. The Kier molecular flexibility index (Phi) is 9.06. The zero-order chi connectivity index (χ0) is 24.9. The van der Waals surface area contributed by atoms with Crippen molar-refractivity contribution in [2.75, 3.05) is 26.8 Å². The molecule has 3 aromatic rings. The van der Waals surface area contributed by atoms with Gasteiger partial charge in [-0.05, 0) is 62.2 Å². The van der Waals surface area contributed by atoms with E-state index in [4.69, 9.17) is 16.3 Å². The molecule has 1 amide bonds. The van der Waals surface area contributed by atoms with E-state index in [1.165, 1.54) is 39.9 Å². The van der Waals surface area contributed by atoms with Gasteiger partial charge in [0.1, 0.15) is 0 Å². The lowest BCUT2D eigenvalue weighted by molar-refractivity contribution is 0.0996. The summed E-state index contributed by atoms with van der Waals surface area (Å²) < 4.78 is 35.3. The first-order valence-electron chi connectivity index (χ1n) is 11.2. The molecule has 0 atom stereocenters. The largest absolute Gasteiger partial charge is 0.380 e. The van der Waals surface area contributed by atoms with Crippen molar-refractivity contribution >= 4 is 49.1 Å². The maximum atomic E-state index is 13.0. The van der Waals surface area contributed by atoms with Crippen LogP contribution in [0.2, 0.25) is 5.02 Å². The van der Waals surface area contributed by atoms with Crippen molar-refractivity contribution in [2.45, 2.75) is 45.1 Å². The van der Waals surface area contributed by atoms with Crippen LogP contribution in [0.25, 0.3) is 10.2 Å². The maximum absolute atomic E-state index is 13.0. The highest BCUT2D eigenvalue weighted by Crippen LogP contribution is 2.27. The summed E-state index contributed by atoms with van der Waals surface area (Å²) in [5, 5.41) is 0.647. The molecule has 0 spiro atoms. The van der Waals surface area contributed by atoms with Gasteiger partial charge in [0.15, 0.2) is 4.80 Å². The molecule has 1 aromatic heterocycles. The molecule has 0 aliphatic heterocycles. The number of unbranched alkanes of at least 4 members (excludes halogenated alkanes) is 1. The predicted molar refractivity (Wildman–Crippen MR) is 137 cm³/mol.